The molecule has 0 fully saturated rings. The number of para-hydroxylation sites is 1. The normalized spacial score (nSPS) is 11.9. The number of hydrogen-bond donors (Lipinski definition) is 2. The first-order valence-corrected chi connectivity index (χ1v) is 4.56. The van der Waals surface area contributed by atoms with Crippen molar-refractivity contribution < 1.29 is 9.90 Å². The summed E-state index contributed by atoms with van der Waals surface area (Å²) in [7, 11) is 0. The van der Waals surface area contributed by atoms with E-state index in [9.17, 15) is 4.79 Å². The van der Waals surface area contributed by atoms with Crippen molar-refractivity contribution in [1.82, 2.24) is 0 Å². The van der Waals surface area contributed by atoms with Gasteiger partial charge in [0.05, 0.1) is 6.42 Å². The van der Waals surface area contributed by atoms with Crippen molar-refractivity contribution in [3.63, 3.8) is 0 Å². The first kappa shape index (κ1) is 15.5. The maximum atomic E-state index is 10.6. The van der Waals surface area contributed by atoms with Gasteiger partial charge in [-0.1, -0.05) is 18.2 Å². The lowest BCUT2D eigenvalue weighted by Crippen LogP contribution is -2.05. The summed E-state index contributed by atoms with van der Waals surface area (Å²) < 4.78 is 0. The van der Waals surface area contributed by atoms with Crippen LogP contribution in [0.15, 0.2) is 41.2 Å². The molecule has 0 unspecified atom stereocenters. The van der Waals surface area contributed by atoms with Crippen LogP contribution in [0.1, 0.15) is 12.0 Å². The van der Waals surface area contributed by atoms with Gasteiger partial charge in [0.15, 0.2) is 0 Å². The monoisotopic (exact) mass is 274 g/mol. The highest BCUT2D eigenvalue weighted by Gasteiger charge is 2.08. The van der Waals surface area contributed by atoms with Gasteiger partial charge >= 0.3 is 5.97 Å². The first-order valence-electron chi connectivity index (χ1n) is 4.56. The maximum absolute atomic E-state index is 10.6. The molecule has 0 saturated heterocycles. The summed E-state index contributed by atoms with van der Waals surface area (Å²) in [5.41, 5.74) is 2.42. The molecule has 1 aromatic rings. The van der Waals surface area contributed by atoms with Crippen LogP contribution in [0, 0.1) is 0 Å². The number of nitrogens with one attached hydrogen (secondary N) is 1. The second-order valence-electron chi connectivity index (χ2n) is 3.22. The van der Waals surface area contributed by atoms with Crippen molar-refractivity contribution in [2.45, 2.75) is 6.42 Å². The van der Waals surface area contributed by atoms with E-state index in [0.717, 1.165) is 11.3 Å². The van der Waals surface area contributed by atoms with E-state index in [-0.39, 0.29) is 31.2 Å². The zero-order valence-electron chi connectivity index (χ0n) is 8.79. The molecule has 2 rings (SSSR count). The van der Waals surface area contributed by atoms with Crippen LogP contribution >= 0.6 is 24.8 Å². The van der Waals surface area contributed by atoms with Gasteiger partial charge in [0, 0.05) is 29.4 Å². The summed E-state index contributed by atoms with van der Waals surface area (Å²) in [4.78, 5) is 14.6. The highest BCUT2D eigenvalue weighted by atomic mass is 35.5. The molecule has 0 aromatic heterocycles. The van der Waals surface area contributed by atoms with Crippen LogP contribution in [0.25, 0.3) is 0 Å². The van der Waals surface area contributed by atoms with Gasteiger partial charge < -0.3 is 10.4 Å². The largest absolute Gasteiger partial charge is 0.481 e. The molecule has 2 N–H and O–H groups in total. The Morgan fingerprint density at radius 1 is 1.29 bits per heavy atom. The van der Waals surface area contributed by atoms with Crippen molar-refractivity contribution in [3.8, 4) is 0 Å². The van der Waals surface area contributed by atoms with E-state index in [4.69, 9.17) is 5.11 Å². The Kier molecular flexibility index (Phi) is 6.31. The van der Waals surface area contributed by atoms with Gasteiger partial charge in [-0.25, -0.2) is 0 Å². The van der Waals surface area contributed by atoms with E-state index >= 15 is 0 Å². The molecule has 6 heteroatoms. The van der Waals surface area contributed by atoms with Gasteiger partial charge in [-0.05, 0) is 6.07 Å². The number of aliphatic imine (C=N–C) groups is 1. The summed E-state index contributed by atoms with van der Waals surface area (Å²) >= 11 is 0. The molecule has 4 nitrogen and oxygen atoms in total. The third-order valence-corrected chi connectivity index (χ3v) is 2.04. The Bertz CT molecular complexity index is 459. The predicted molar refractivity (Wildman–Crippen MR) is 72.5 cm³/mol. The third-order valence-electron chi connectivity index (χ3n) is 2.04. The van der Waals surface area contributed by atoms with Gasteiger partial charge in [0.2, 0.25) is 0 Å². The minimum absolute atomic E-state index is 0. The number of hydrogen-bond acceptors (Lipinski definition) is 3. The molecule has 17 heavy (non-hydrogen) atoms. The first-order chi connectivity index (χ1) is 7.25. The minimum Gasteiger partial charge on any atom is -0.481 e. The van der Waals surface area contributed by atoms with Crippen molar-refractivity contribution >= 4 is 42.7 Å². The standard InChI is InChI=1S/C11H10N2O2.2ClH/c14-11(15)5-9-7-12-6-8-3-1-2-4-10(8)13-9;;/h1-4,6-7,13H,5H2,(H,14,15);2*1H. The highest BCUT2D eigenvalue weighted by molar-refractivity contribution is 5.89. The fourth-order valence-corrected chi connectivity index (χ4v) is 1.39. The van der Waals surface area contributed by atoms with Crippen molar-refractivity contribution in [1.29, 1.82) is 0 Å². The molecular weight excluding hydrogens is 263 g/mol. The smallest absolute Gasteiger partial charge is 0.309 e. The summed E-state index contributed by atoms with van der Waals surface area (Å²) in [6, 6.07) is 7.61. The molecule has 0 radical (unpaired) electrons. The van der Waals surface area contributed by atoms with E-state index < -0.39 is 5.97 Å². The summed E-state index contributed by atoms with van der Waals surface area (Å²) in [6.07, 6.45) is 3.19. The molecule has 0 atom stereocenters. The van der Waals surface area contributed by atoms with E-state index in [0.29, 0.717) is 5.70 Å². The number of carbonyl (C=O) groups is 1. The second-order valence-corrected chi connectivity index (χ2v) is 3.22. The van der Waals surface area contributed by atoms with E-state index in [1.807, 2.05) is 24.3 Å². The SMILES string of the molecule is Cl.Cl.O=C(O)CC1=CN=Cc2ccccc2N1. The molecule has 1 heterocycles. The Hall–Kier alpha value is -1.52. The topological polar surface area (TPSA) is 61.7 Å². The number of fused-ring (bicyclic) bond motifs is 1. The van der Waals surface area contributed by atoms with Crippen molar-refractivity contribution in [3.05, 3.63) is 41.7 Å². The van der Waals surface area contributed by atoms with E-state index in [2.05, 4.69) is 10.3 Å². The number of benzene rings is 1. The number of halogens is 2. The average Bonchev–Trinajstić information content (AvgIpc) is 2.38. The molecule has 0 aliphatic carbocycles. The lowest BCUT2D eigenvalue weighted by Gasteiger charge is -2.08. The Balaban J connectivity index is 0.00000128. The van der Waals surface area contributed by atoms with Crippen LogP contribution < -0.4 is 5.32 Å². The molecule has 92 valence electrons. The molecule has 0 spiro atoms. The fraction of sp³-hybridized carbons (Fsp3) is 0.0909. The Morgan fingerprint density at radius 2 is 2.00 bits per heavy atom. The van der Waals surface area contributed by atoms with Crippen molar-refractivity contribution in [2.24, 2.45) is 4.99 Å². The number of carboxylic acid groups (broad SMARTS) is 1. The lowest BCUT2D eigenvalue weighted by molar-refractivity contribution is -0.136. The molecular formula is C11H12Cl2N2O2. The van der Waals surface area contributed by atoms with Crippen LogP contribution in [0.5, 0.6) is 0 Å². The maximum Gasteiger partial charge on any atom is 0.309 e. The van der Waals surface area contributed by atoms with Gasteiger partial charge in [-0.15, -0.1) is 24.8 Å². The lowest BCUT2D eigenvalue weighted by atomic mass is 10.2. The molecule has 1 aliphatic rings. The van der Waals surface area contributed by atoms with Crippen molar-refractivity contribution in [2.75, 3.05) is 5.32 Å². The highest BCUT2D eigenvalue weighted by Crippen LogP contribution is 2.18. The predicted octanol–water partition coefficient (Wildman–Crippen LogP) is 2.69. The molecule has 1 aromatic carbocycles. The van der Waals surface area contributed by atoms with E-state index in [1.54, 1.807) is 6.21 Å². The van der Waals surface area contributed by atoms with Gasteiger partial charge in [0.25, 0.3) is 0 Å². The molecule has 0 saturated carbocycles. The number of nitrogens with zero attached hydrogens (tertiary/aromatic N) is 1. The third kappa shape index (κ3) is 4.09. The van der Waals surface area contributed by atoms with Crippen LogP contribution in [0.3, 0.4) is 0 Å². The molecule has 0 bridgehead atoms. The molecule has 0 amide bonds. The number of rotatable bonds is 2. The van der Waals surface area contributed by atoms with E-state index in [1.165, 1.54) is 6.20 Å². The van der Waals surface area contributed by atoms with Gasteiger partial charge in [-0.2, -0.15) is 0 Å². The summed E-state index contributed by atoms with van der Waals surface area (Å²) in [5, 5.41) is 11.7. The Morgan fingerprint density at radius 3 is 2.71 bits per heavy atom. The zero-order chi connectivity index (χ0) is 10.7. The number of carboxylic acids is 1. The summed E-state index contributed by atoms with van der Waals surface area (Å²) in [5.74, 6) is -0.872. The van der Waals surface area contributed by atoms with Crippen LogP contribution in [-0.2, 0) is 4.79 Å². The fourth-order valence-electron chi connectivity index (χ4n) is 1.39. The Labute approximate surface area is 111 Å². The van der Waals surface area contributed by atoms with Crippen LogP contribution in [0.4, 0.5) is 5.69 Å². The minimum atomic E-state index is -0.872. The molecule has 1 aliphatic heterocycles. The quantitative estimate of drug-likeness (QED) is 0.872. The van der Waals surface area contributed by atoms with Crippen LogP contribution in [-0.4, -0.2) is 17.3 Å². The van der Waals surface area contributed by atoms with Crippen LogP contribution in [0.2, 0.25) is 0 Å². The van der Waals surface area contributed by atoms with Gasteiger partial charge in [-0.3, -0.25) is 9.79 Å². The van der Waals surface area contributed by atoms with Gasteiger partial charge in [0.1, 0.15) is 0 Å². The second kappa shape index (κ2) is 6.93. The zero-order valence-corrected chi connectivity index (χ0v) is 10.4. The number of aliphatic carboxylic acids is 1. The number of anilines is 1. The average molecular weight is 275 g/mol. The summed E-state index contributed by atoms with van der Waals surface area (Å²) in [6.45, 7) is 0.